The second-order valence-electron chi connectivity index (χ2n) is 3.88. The summed E-state index contributed by atoms with van der Waals surface area (Å²) < 4.78 is 12.9. The molecule has 1 atom stereocenters. The molecule has 0 aromatic heterocycles. The van der Waals surface area contributed by atoms with Crippen LogP contribution in [-0.4, -0.2) is 17.0 Å². The molecule has 1 aromatic rings. The number of aliphatic imine (C=N–C) groups is 1. The second-order valence-corrected chi connectivity index (χ2v) is 5.37. The van der Waals surface area contributed by atoms with Crippen LogP contribution in [0.1, 0.15) is 19.8 Å². The normalized spacial score (nSPS) is 19.9. The molecule has 0 saturated heterocycles. The number of amidine groups is 1. The third kappa shape index (κ3) is 3.36. The summed E-state index contributed by atoms with van der Waals surface area (Å²) in [5, 5.41) is 4.41. The van der Waals surface area contributed by atoms with Crippen molar-refractivity contribution in [2.24, 2.45) is 4.99 Å². The molecule has 0 bridgehead atoms. The number of hydrogen-bond donors (Lipinski definition) is 1. The zero-order valence-corrected chi connectivity index (χ0v) is 11.1. The predicted molar refractivity (Wildman–Crippen MR) is 73.6 cm³/mol. The Hall–Kier alpha value is -0.740. The van der Waals surface area contributed by atoms with E-state index in [1.165, 1.54) is 12.1 Å². The molecule has 92 valence electrons. The van der Waals surface area contributed by atoms with Crippen molar-refractivity contribution in [3.8, 4) is 0 Å². The third-order valence-electron chi connectivity index (χ3n) is 2.63. The molecule has 0 fully saturated rings. The summed E-state index contributed by atoms with van der Waals surface area (Å²) in [6.07, 6.45) is 2.16. The molecule has 1 N–H and O–H groups in total. The smallest absolute Gasteiger partial charge is 0.161 e. The minimum atomic E-state index is -0.328. The van der Waals surface area contributed by atoms with Crippen LogP contribution >= 0.6 is 23.4 Å². The molecule has 0 amide bonds. The summed E-state index contributed by atoms with van der Waals surface area (Å²) in [4.78, 5) is 4.58. The zero-order valence-electron chi connectivity index (χ0n) is 9.54. The van der Waals surface area contributed by atoms with E-state index in [-0.39, 0.29) is 5.82 Å². The summed E-state index contributed by atoms with van der Waals surface area (Å²) in [5.41, 5.74) is 0.705. The van der Waals surface area contributed by atoms with Gasteiger partial charge in [-0.15, -0.1) is 0 Å². The monoisotopic (exact) mass is 272 g/mol. The van der Waals surface area contributed by atoms with E-state index in [0.29, 0.717) is 16.8 Å². The summed E-state index contributed by atoms with van der Waals surface area (Å²) >= 11 is 7.63. The molecule has 1 unspecified atom stereocenters. The molecule has 0 aliphatic carbocycles. The zero-order chi connectivity index (χ0) is 12.3. The topological polar surface area (TPSA) is 24.4 Å². The van der Waals surface area contributed by atoms with Crippen molar-refractivity contribution in [2.45, 2.75) is 25.8 Å². The number of halogens is 2. The molecule has 5 heteroatoms. The van der Waals surface area contributed by atoms with Gasteiger partial charge in [-0.25, -0.2) is 4.39 Å². The maximum absolute atomic E-state index is 12.9. The van der Waals surface area contributed by atoms with Gasteiger partial charge in [-0.05, 0) is 31.0 Å². The Morgan fingerprint density at radius 3 is 3.12 bits per heavy atom. The fourth-order valence-electron chi connectivity index (χ4n) is 1.63. The molecular weight excluding hydrogens is 259 g/mol. The molecule has 1 aliphatic rings. The van der Waals surface area contributed by atoms with E-state index in [1.54, 1.807) is 17.8 Å². The van der Waals surface area contributed by atoms with Crippen molar-refractivity contribution >= 4 is 34.2 Å². The first-order valence-electron chi connectivity index (χ1n) is 5.61. The van der Waals surface area contributed by atoms with Gasteiger partial charge in [-0.1, -0.05) is 30.3 Å². The highest BCUT2D eigenvalue weighted by Crippen LogP contribution is 2.26. The van der Waals surface area contributed by atoms with E-state index in [1.807, 2.05) is 0 Å². The molecule has 17 heavy (non-hydrogen) atoms. The van der Waals surface area contributed by atoms with Gasteiger partial charge in [0, 0.05) is 5.75 Å². The predicted octanol–water partition coefficient (Wildman–Crippen LogP) is 4.16. The number of hydrogen-bond acceptors (Lipinski definition) is 3. The number of anilines is 1. The lowest BCUT2D eigenvalue weighted by molar-refractivity contribution is 0.628. The van der Waals surface area contributed by atoms with Gasteiger partial charge in [-0.2, -0.15) is 0 Å². The van der Waals surface area contributed by atoms with Crippen molar-refractivity contribution < 1.29 is 4.39 Å². The standard InChI is InChI=1S/C12H14ClFN2S/c1-2-9-5-6-17-12(15-9)16-11-4-3-8(14)7-10(11)13/h3-4,7,9H,2,5-6H2,1H3,(H,15,16). The Morgan fingerprint density at radius 2 is 2.41 bits per heavy atom. The van der Waals surface area contributed by atoms with Crippen LogP contribution in [-0.2, 0) is 0 Å². The Balaban J connectivity index is 2.12. The molecule has 1 aliphatic heterocycles. The van der Waals surface area contributed by atoms with Gasteiger partial charge in [0.15, 0.2) is 5.17 Å². The second kappa shape index (κ2) is 5.74. The van der Waals surface area contributed by atoms with Crippen LogP contribution in [0.4, 0.5) is 10.1 Å². The van der Waals surface area contributed by atoms with Gasteiger partial charge in [0.25, 0.3) is 0 Å². The van der Waals surface area contributed by atoms with E-state index >= 15 is 0 Å². The lowest BCUT2D eigenvalue weighted by atomic mass is 10.2. The lowest BCUT2D eigenvalue weighted by Gasteiger charge is -2.19. The van der Waals surface area contributed by atoms with Crippen molar-refractivity contribution in [2.75, 3.05) is 11.1 Å². The number of rotatable bonds is 2. The van der Waals surface area contributed by atoms with E-state index in [4.69, 9.17) is 11.6 Å². The lowest BCUT2D eigenvalue weighted by Crippen LogP contribution is -2.19. The summed E-state index contributed by atoms with van der Waals surface area (Å²) in [6, 6.07) is 4.71. The van der Waals surface area contributed by atoms with Crippen molar-refractivity contribution in [3.63, 3.8) is 0 Å². The van der Waals surface area contributed by atoms with E-state index in [0.717, 1.165) is 23.8 Å². The maximum Gasteiger partial charge on any atom is 0.161 e. The van der Waals surface area contributed by atoms with E-state index in [9.17, 15) is 4.39 Å². The van der Waals surface area contributed by atoms with Crippen LogP contribution in [0.2, 0.25) is 5.02 Å². The minimum absolute atomic E-state index is 0.328. The first kappa shape index (κ1) is 12.7. The van der Waals surface area contributed by atoms with Crippen molar-refractivity contribution in [3.05, 3.63) is 29.0 Å². The first-order chi connectivity index (χ1) is 8.19. The summed E-state index contributed by atoms with van der Waals surface area (Å²) in [7, 11) is 0. The third-order valence-corrected chi connectivity index (χ3v) is 3.87. The van der Waals surface area contributed by atoms with Gasteiger partial charge >= 0.3 is 0 Å². The molecule has 0 saturated carbocycles. The van der Waals surface area contributed by atoms with Crippen LogP contribution in [0.15, 0.2) is 23.2 Å². The maximum atomic E-state index is 12.9. The number of benzene rings is 1. The van der Waals surface area contributed by atoms with Crippen LogP contribution in [0.25, 0.3) is 0 Å². The average Bonchev–Trinajstić information content (AvgIpc) is 2.33. The SMILES string of the molecule is CCC1CCSC(Nc2ccc(F)cc2Cl)=N1. The van der Waals surface area contributed by atoms with Crippen molar-refractivity contribution in [1.82, 2.24) is 0 Å². The number of nitrogens with zero attached hydrogens (tertiary/aromatic N) is 1. The number of nitrogens with one attached hydrogen (secondary N) is 1. The molecule has 2 rings (SSSR count). The fraction of sp³-hybridized carbons (Fsp3) is 0.417. The number of thioether (sulfide) groups is 1. The van der Waals surface area contributed by atoms with Crippen LogP contribution in [0.5, 0.6) is 0 Å². The van der Waals surface area contributed by atoms with Crippen LogP contribution in [0, 0.1) is 5.82 Å². The largest absolute Gasteiger partial charge is 0.334 e. The van der Waals surface area contributed by atoms with Gasteiger partial charge < -0.3 is 5.32 Å². The highest BCUT2D eigenvalue weighted by atomic mass is 35.5. The molecule has 2 nitrogen and oxygen atoms in total. The molecule has 1 heterocycles. The van der Waals surface area contributed by atoms with Gasteiger partial charge in [0.1, 0.15) is 5.82 Å². The highest BCUT2D eigenvalue weighted by molar-refractivity contribution is 8.14. The molecule has 0 spiro atoms. The van der Waals surface area contributed by atoms with Gasteiger partial charge in [-0.3, -0.25) is 4.99 Å². The Bertz CT molecular complexity index is 437. The highest BCUT2D eigenvalue weighted by Gasteiger charge is 2.14. The Kier molecular flexibility index (Phi) is 4.29. The summed E-state index contributed by atoms with van der Waals surface area (Å²) in [6.45, 7) is 2.13. The molecule has 1 aromatic carbocycles. The minimum Gasteiger partial charge on any atom is -0.334 e. The Labute approximate surface area is 110 Å². The fourth-order valence-corrected chi connectivity index (χ4v) is 2.83. The quantitative estimate of drug-likeness (QED) is 0.874. The first-order valence-corrected chi connectivity index (χ1v) is 6.98. The van der Waals surface area contributed by atoms with Crippen LogP contribution < -0.4 is 5.32 Å². The summed E-state index contributed by atoms with van der Waals surface area (Å²) in [5.74, 6) is 0.730. The molecule has 0 radical (unpaired) electrons. The van der Waals surface area contributed by atoms with Crippen molar-refractivity contribution in [1.29, 1.82) is 0 Å². The van der Waals surface area contributed by atoms with Gasteiger partial charge in [0.2, 0.25) is 0 Å². The Morgan fingerprint density at radius 1 is 1.59 bits per heavy atom. The average molecular weight is 273 g/mol. The van der Waals surface area contributed by atoms with E-state index in [2.05, 4.69) is 17.2 Å². The molecular formula is C12H14ClFN2S. The van der Waals surface area contributed by atoms with Crippen LogP contribution in [0.3, 0.4) is 0 Å². The van der Waals surface area contributed by atoms with Gasteiger partial charge in [0.05, 0.1) is 16.8 Å². The van der Waals surface area contributed by atoms with E-state index < -0.39 is 0 Å².